The highest BCUT2D eigenvalue weighted by Gasteiger charge is 2.17. The zero-order chi connectivity index (χ0) is 13.1. The largest absolute Gasteiger partial charge is 0.311 e. The Labute approximate surface area is 103 Å². The molecule has 1 amide bonds. The van der Waals surface area contributed by atoms with Gasteiger partial charge in [0.05, 0.1) is 5.56 Å². The molecule has 0 aromatic heterocycles. The van der Waals surface area contributed by atoms with Gasteiger partial charge >= 0.3 is 0 Å². The van der Waals surface area contributed by atoms with Crippen LogP contribution in [0, 0.1) is 11.6 Å². The predicted molar refractivity (Wildman–Crippen MR) is 65.5 cm³/mol. The molecule has 2 nitrogen and oxygen atoms in total. The minimum absolute atomic E-state index is 0.150. The van der Waals surface area contributed by atoms with E-state index in [-0.39, 0.29) is 5.56 Å². The van der Waals surface area contributed by atoms with E-state index in [9.17, 15) is 13.6 Å². The van der Waals surface area contributed by atoms with Gasteiger partial charge in [-0.3, -0.25) is 4.79 Å². The first-order valence-corrected chi connectivity index (χ1v) is 5.38. The number of amides is 1. The smallest absolute Gasteiger partial charge is 0.260 e. The number of benzene rings is 2. The molecule has 4 heteroatoms. The van der Waals surface area contributed by atoms with Crippen molar-refractivity contribution in [1.29, 1.82) is 0 Å². The molecule has 0 aliphatic rings. The van der Waals surface area contributed by atoms with Gasteiger partial charge in [0.25, 0.3) is 5.91 Å². The molecule has 0 saturated carbocycles. The summed E-state index contributed by atoms with van der Waals surface area (Å²) in [6.45, 7) is 0. The minimum Gasteiger partial charge on any atom is -0.311 e. The summed E-state index contributed by atoms with van der Waals surface area (Å²) in [6.07, 6.45) is 0. The van der Waals surface area contributed by atoms with Crippen molar-refractivity contribution in [2.24, 2.45) is 0 Å². The van der Waals surface area contributed by atoms with Crippen molar-refractivity contribution in [1.82, 2.24) is 0 Å². The van der Waals surface area contributed by atoms with E-state index >= 15 is 0 Å². The molecule has 0 aliphatic carbocycles. The molecule has 0 heterocycles. The van der Waals surface area contributed by atoms with Gasteiger partial charge in [-0.25, -0.2) is 8.78 Å². The molecule has 0 unspecified atom stereocenters. The Morgan fingerprint density at radius 3 is 2.33 bits per heavy atom. The Hall–Kier alpha value is -2.23. The van der Waals surface area contributed by atoms with Crippen LogP contribution in [-0.2, 0) is 0 Å². The predicted octanol–water partition coefficient (Wildman–Crippen LogP) is 3.24. The third kappa shape index (κ3) is 2.37. The number of hydrogen-bond donors (Lipinski definition) is 0. The summed E-state index contributed by atoms with van der Waals surface area (Å²) in [5.74, 6) is -2.08. The molecule has 0 N–H and O–H groups in total. The quantitative estimate of drug-likeness (QED) is 0.797. The Bertz CT molecular complexity index is 569. The van der Waals surface area contributed by atoms with Crippen molar-refractivity contribution in [2.45, 2.75) is 0 Å². The van der Waals surface area contributed by atoms with Gasteiger partial charge in [-0.1, -0.05) is 18.2 Å². The van der Waals surface area contributed by atoms with Crippen molar-refractivity contribution >= 4 is 11.6 Å². The van der Waals surface area contributed by atoms with Crippen molar-refractivity contribution in [3.8, 4) is 0 Å². The molecule has 0 radical (unpaired) electrons. The molecule has 0 spiro atoms. The normalized spacial score (nSPS) is 10.2. The highest BCUT2D eigenvalue weighted by Crippen LogP contribution is 2.17. The first kappa shape index (κ1) is 12.2. The van der Waals surface area contributed by atoms with Gasteiger partial charge in [0.2, 0.25) is 0 Å². The number of rotatable bonds is 2. The van der Waals surface area contributed by atoms with Crippen molar-refractivity contribution in [3.05, 3.63) is 65.7 Å². The zero-order valence-electron chi connectivity index (χ0n) is 9.73. The lowest BCUT2D eigenvalue weighted by atomic mass is 10.1. The molecular weight excluding hydrogens is 236 g/mol. The van der Waals surface area contributed by atoms with Crippen molar-refractivity contribution < 1.29 is 13.6 Å². The lowest BCUT2D eigenvalue weighted by Crippen LogP contribution is -2.27. The maximum absolute atomic E-state index is 13.5. The number of para-hydroxylation sites is 1. The van der Waals surface area contributed by atoms with Crippen LogP contribution in [0.2, 0.25) is 0 Å². The van der Waals surface area contributed by atoms with Gasteiger partial charge in [0, 0.05) is 18.8 Å². The molecule has 2 aromatic carbocycles. The van der Waals surface area contributed by atoms with Crippen LogP contribution in [0.5, 0.6) is 0 Å². The summed E-state index contributed by atoms with van der Waals surface area (Å²) < 4.78 is 26.3. The van der Waals surface area contributed by atoms with Crippen LogP contribution in [-0.4, -0.2) is 13.0 Å². The summed E-state index contributed by atoms with van der Waals surface area (Å²) in [5, 5.41) is 0. The fourth-order valence-electron chi connectivity index (χ4n) is 1.61. The second-order valence-corrected chi connectivity index (χ2v) is 3.82. The van der Waals surface area contributed by atoms with Gasteiger partial charge in [0.1, 0.15) is 11.6 Å². The van der Waals surface area contributed by atoms with Gasteiger partial charge in [-0.2, -0.15) is 0 Å². The van der Waals surface area contributed by atoms with Gasteiger partial charge < -0.3 is 4.90 Å². The van der Waals surface area contributed by atoms with E-state index in [0.717, 1.165) is 12.1 Å². The van der Waals surface area contributed by atoms with E-state index in [1.54, 1.807) is 31.3 Å². The van der Waals surface area contributed by atoms with Crippen LogP contribution in [0.3, 0.4) is 0 Å². The maximum Gasteiger partial charge on any atom is 0.260 e. The maximum atomic E-state index is 13.5. The standard InChI is InChI=1S/C14H11F2NO/c1-17(11-5-3-2-4-6-11)14(18)12-8-7-10(15)9-13(12)16/h2-9H,1H3. The first-order chi connectivity index (χ1) is 8.59. The highest BCUT2D eigenvalue weighted by molar-refractivity contribution is 6.05. The zero-order valence-corrected chi connectivity index (χ0v) is 9.73. The minimum atomic E-state index is -0.859. The van der Waals surface area contributed by atoms with Gasteiger partial charge in [-0.05, 0) is 24.3 Å². The molecule has 2 aromatic rings. The average molecular weight is 247 g/mol. The van der Waals surface area contributed by atoms with E-state index < -0.39 is 17.5 Å². The number of carbonyl (C=O) groups excluding carboxylic acids is 1. The molecular formula is C14H11F2NO. The van der Waals surface area contributed by atoms with Crippen LogP contribution in [0.4, 0.5) is 14.5 Å². The number of hydrogen-bond acceptors (Lipinski definition) is 1. The Balaban J connectivity index is 2.32. The van der Waals surface area contributed by atoms with Crippen LogP contribution in [0.1, 0.15) is 10.4 Å². The molecule has 0 fully saturated rings. The summed E-state index contributed by atoms with van der Waals surface area (Å²) in [7, 11) is 1.54. The van der Waals surface area contributed by atoms with Gasteiger partial charge in [-0.15, -0.1) is 0 Å². The summed E-state index contributed by atoms with van der Waals surface area (Å²) in [5.41, 5.74) is 0.494. The van der Waals surface area contributed by atoms with Crippen LogP contribution in [0.15, 0.2) is 48.5 Å². The summed E-state index contributed by atoms with van der Waals surface area (Å²) >= 11 is 0. The monoisotopic (exact) mass is 247 g/mol. The molecule has 92 valence electrons. The molecule has 0 bridgehead atoms. The SMILES string of the molecule is CN(C(=O)c1ccc(F)cc1F)c1ccccc1. The average Bonchev–Trinajstić information content (AvgIpc) is 2.38. The third-order valence-electron chi connectivity index (χ3n) is 2.61. The van der Waals surface area contributed by atoms with Gasteiger partial charge in [0.15, 0.2) is 0 Å². The molecule has 0 aliphatic heterocycles. The van der Waals surface area contributed by atoms with E-state index in [2.05, 4.69) is 0 Å². The second kappa shape index (κ2) is 4.96. The third-order valence-corrected chi connectivity index (χ3v) is 2.61. The Kier molecular flexibility index (Phi) is 3.37. The van der Waals surface area contributed by atoms with Crippen LogP contribution < -0.4 is 4.90 Å². The highest BCUT2D eigenvalue weighted by atomic mass is 19.1. The van der Waals surface area contributed by atoms with Crippen LogP contribution >= 0.6 is 0 Å². The lowest BCUT2D eigenvalue weighted by Gasteiger charge is -2.17. The van der Waals surface area contributed by atoms with Crippen LogP contribution in [0.25, 0.3) is 0 Å². The summed E-state index contributed by atoms with van der Waals surface area (Å²) in [4.78, 5) is 13.4. The fraction of sp³-hybridized carbons (Fsp3) is 0.0714. The van der Waals surface area contributed by atoms with Crippen molar-refractivity contribution in [2.75, 3.05) is 11.9 Å². The molecule has 0 atom stereocenters. The number of anilines is 1. The number of halogens is 2. The number of carbonyl (C=O) groups is 1. The lowest BCUT2D eigenvalue weighted by molar-refractivity contribution is 0.0989. The van der Waals surface area contributed by atoms with E-state index in [4.69, 9.17) is 0 Å². The topological polar surface area (TPSA) is 20.3 Å². The second-order valence-electron chi connectivity index (χ2n) is 3.82. The Morgan fingerprint density at radius 2 is 1.72 bits per heavy atom. The number of nitrogens with zero attached hydrogens (tertiary/aromatic N) is 1. The molecule has 2 rings (SSSR count). The molecule has 0 saturated heterocycles. The Morgan fingerprint density at radius 1 is 1.06 bits per heavy atom. The van der Waals surface area contributed by atoms with E-state index in [1.165, 1.54) is 4.90 Å². The fourth-order valence-corrected chi connectivity index (χ4v) is 1.61. The van der Waals surface area contributed by atoms with E-state index in [1.807, 2.05) is 6.07 Å². The summed E-state index contributed by atoms with van der Waals surface area (Å²) in [6, 6.07) is 11.8. The first-order valence-electron chi connectivity index (χ1n) is 5.38. The molecule has 18 heavy (non-hydrogen) atoms. The van der Waals surface area contributed by atoms with E-state index in [0.29, 0.717) is 11.8 Å². The van der Waals surface area contributed by atoms with Crippen molar-refractivity contribution in [3.63, 3.8) is 0 Å².